The molecule has 3 heterocycles. The number of nitrogens with zero attached hydrogens (tertiary/aromatic N) is 1. The van der Waals surface area contributed by atoms with Crippen molar-refractivity contribution in [1.82, 2.24) is 9.62 Å². The molecule has 0 aromatic heterocycles. The summed E-state index contributed by atoms with van der Waals surface area (Å²) in [5.74, 6) is -1.89. The number of alkyl carbamates (subject to hydrolysis) is 1. The van der Waals surface area contributed by atoms with Gasteiger partial charge >= 0.3 is 6.09 Å². The van der Waals surface area contributed by atoms with Gasteiger partial charge in [-0.15, -0.1) is 0 Å². The number of carbonyl (C=O) groups excluding carboxylic acids is 1. The van der Waals surface area contributed by atoms with Gasteiger partial charge in [-0.25, -0.2) is 13.2 Å². The molecule has 3 aliphatic rings. The normalized spacial score (nSPS) is 28.4. The molecule has 3 aliphatic heterocycles. The first kappa shape index (κ1) is 30.7. The highest BCUT2D eigenvalue weighted by Gasteiger charge is 2.64. The van der Waals surface area contributed by atoms with Crippen LogP contribution in [-0.4, -0.2) is 80.7 Å². The van der Waals surface area contributed by atoms with Gasteiger partial charge < -0.3 is 35.1 Å². The molecular formula is C29H40N4O8S. The number of nitrogens with two attached hydrogens (primary N) is 2. The molecule has 7 atom stereocenters. The Balaban J connectivity index is 1.32. The Labute approximate surface area is 246 Å². The van der Waals surface area contributed by atoms with E-state index in [1.807, 2.05) is 44.2 Å². The topological polar surface area (TPSA) is 176 Å². The fourth-order valence-electron chi connectivity index (χ4n) is 5.97. The number of benzene rings is 2. The maximum absolute atomic E-state index is 13.6. The van der Waals surface area contributed by atoms with Gasteiger partial charge in [0.2, 0.25) is 15.9 Å². The molecule has 2 aromatic carbocycles. The molecule has 0 spiro atoms. The monoisotopic (exact) mass is 604 g/mol. The molecule has 6 N–H and O–H groups in total. The molecule has 0 aliphatic carbocycles. The third-order valence-corrected chi connectivity index (χ3v) is 9.83. The summed E-state index contributed by atoms with van der Waals surface area (Å²) in [5.41, 5.74) is 13.4. The Bertz CT molecular complexity index is 1330. The zero-order chi connectivity index (χ0) is 30.1. The highest BCUT2D eigenvalue weighted by Crippen LogP contribution is 2.49. The van der Waals surface area contributed by atoms with Crippen molar-refractivity contribution in [3.63, 3.8) is 0 Å². The second-order valence-electron chi connectivity index (χ2n) is 11.6. The summed E-state index contributed by atoms with van der Waals surface area (Å²) >= 11 is 0. The molecule has 13 heteroatoms. The Morgan fingerprint density at radius 1 is 1.17 bits per heavy atom. The molecule has 0 radical (unpaired) electrons. The number of ether oxygens (including phenoxy) is 4. The Morgan fingerprint density at radius 3 is 2.57 bits per heavy atom. The number of nitrogen functional groups attached to an aromatic ring is 1. The molecule has 0 saturated carbocycles. The third kappa shape index (κ3) is 6.57. The van der Waals surface area contributed by atoms with Crippen LogP contribution in [0.4, 0.5) is 10.5 Å². The van der Waals surface area contributed by atoms with Crippen molar-refractivity contribution in [2.45, 2.75) is 62.0 Å². The second-order valence-corrected chi connectivity index (χ2v) is 13.5. The lowest BCUT2D eigenvalue weighted by Crippen LogP contribution is -2.52. The van der Waals surface area contributed by atoms with E-state index in [9.17, 15) is 18.3 Å². The summed E-state index contributed by atoms with van der Waals surface area (Å²) < 4.78 is 51.2. The van der Waals surface area contributed by atoms with Gasteiger partial charge in [-0.05, 0) is 48.6 Å². The Morgan fingerprint density at radius 2 is 1.88 bits per heavy atom. The van der Waals surface area contributed by atoms with Gasteiger partial charge in [0.25, 0.3) is 0 Å². The predicted molar refractivity (Wildman–Crippen MR) is 153 cm³/mol. The molecule has 1 amide bonds. The van der Waals surface area contributed by atoms with Crippen molar-refractivity contribution in [3.8, 4) is 0 Å². The molecule has 3 saturated heterocycles. The van der Waals surface area contributed by atoms with Crippen molar-refractivity contribution in [2.24, 2.45) is 23.5 Å². The minimum absolute atomic E-state index is 0.0258. The summed E-state index contributed by atoms with van der Waals surface area (Å²) in [6, 6.07) is 14.3. The average molecular weight is 605 g/mol. The van der Waals surface area contributed by atoms with E-state index >= 15 is 0 Å². The molecular weight excluding hydrogens is 564 g/mol. The van der Waals surface area contributed by atoms with Crippen molar-refractivity contribution in [3.05, 3.63) is 60.2 Å². The molecule has 0 bridgehead atoms. The third-order valence-electron chi connectivity index (χ3n) is 7.98. The van der Waals surface area contributed by atoms with Crippen molar-refractivity contribution in [1.29, 1.82) is 0 Å². The molecule has 42 heavy (non-hydrogen) atoms. The van der Waals surface area contributed by atoms with Gasteiger partial charge in [0.05, 0.1) is 36.2 Å². The molecule has 2 aromatic rings. The highest BCUT2D eigenvalue weighted by atomic mass is 32.2. The molecule has 3 fully saturated rings. The largest absolute Gasteiger partial charge is 0.443 e. The van der Waals surface area contributed by atoms with Crippen LogP contribution in [0.2, 0.25) is 0 Å². The number of aliphatic hydroxyl groups excluding tert-OH is 1. The number of fused-ring (bicyclic) bond motifs is 3. The van der Waals surface area contributed by atoms with E-state index in [0.29, 0.717) is 18.7 Å². The first-order valence-corrected chi connectivity index (χ1v) is 15.7. The number of sulfonamides is 1. The average Bonchev–Trinajstić information content (AvgIpc) is 3.58. The van der Waals surface area contributed by atoms with E-state index in [-0.39, 0.29) is 42.8 Å². The second kappa shape index (κ2) is 12.4. The lowest BCUT2D eigenvalue weighted by atomic mass is 9.87. The summed E-state index contributed by atoms with van der Waals surface area (Å²) in [5, 5.41) is 14.2. The van der Waals surface area contributed by atoms with Crippen molar-refractivity contribution < 1.29 is 37.3 Å². The van der Waals surface area contributed by atoms with E-state index in [1.54, 1.807) is 0 Å². The number of amides is 1. The number of nitrogens with one attached hydrogen (secondary N) is 1. The van der Waals surface area contributed by atoms with Crippen LogP contribution in [0.5, 0.6) is 0 Å². The van der Waals surface area contributed by atoms with E-state index in [0.717, 1.165) is 5.56 Å². The Kier molecular flexibility index (Phi) is 9.09. The van der Waals surface area contributed by atoms with Crippen LogP contribution in [0.3, 0.4) is 0 Å². The summed E-state index contributed by atoms with van der Waals surface area (Å²) in [6.45, 7) is 4.28. The fraction of sp³-hybridized carbons (Fsp3) is 0.552. The number of hydrogen-bond acceptors (Lipinski definition) is 10. The quantitative estimate of drug-likeness (QED) is 0.276. The number of aliphatic hydroxyl groups is 1. The first-order valence-electron chi connectivity index (χ1n) is 14.2. The van der Waals surface area contributed by atoms with Crippen LogP contribution < -0.4 is 16.8 Å². The first-order chi connectivity index (χ1) is 20.0. The highest BCUT2D eigenvalue weighted by molar-refractivity contribution is 7.89. The van der Waals surface area contributed by atoms with Crippen LogP contribution in [0.25, 0.3) is 0 Å². The maximum Gasteiger partial charge on any atom is 0.407 e. The van der Waals surface area contributed by atoms with Gasteiger partial charge in [0.15, 0.2) is 6.29 Å². The maximum atomic E-state index is 13.6. The summed E-state index contributed by atoms with van der Waals surface area (Å²) in [7, 11) is -3.97. The number of rotatable bonds is 11. The van der Waals surface area contributed by atoms with E-state index < -0.39 is 52.5 Å². The molecule has 230 valence electrons. The van der Waals surface area contributed by atoms with Crippen LogP contribution in [0.15, 0.2) is 59.5 Å². The Hall–Kier alpha value is -2.78. The number of anilines is 1. The SMILES string of the molecule is CC(C)CN(C[C@@H](O)[C@H](Cc1ccccc1)NC(=O)O[C@H]1CO[C@@]2(N)O[C@@H]3OCC[C@@H]3[C@@H]12)S(=O)(=O)c1ccc(N)cc1. The minimum atomic E-state index is -3.97. The van der Waals surface area contributed by atoms with Gasteiger partial charge in [0, 0.05) is 24.7 Å². The fourth-order valence-corrected chi connectivity index (χ4v) is 7.60. The van der Waals surface area contributed by atoms with Crippen molar-refractivity contribution in [2.75, 3.05) is 32.0 Å². The predicted octanol–water partition coefficient (Wildman–Crippen LogP) is 1.63. The van der Waals surface area contributed by atoms with Gasteiger partial charge in [-0.1, -0.05) is 44.2 Å². The lowest BCUT2D eigenvalue weighted by molar-refractivity contribution is -0.255. The molecule has 0 unspecified atom stereocenters. The zero-order valence-electron chi connectivity index (χ0n) is 23.8. The number of hydrogen-bond donors (Lipinski definition) is 4. The van der Waals surface area contributed by atoms with E-state index in [2.05, 4.69) is 5.32 Å². The molecule has 5 rings (SSSR count). The zero-order valence-corrected chi connectivity index (χ0v) is 24.6. The van der Waals surface area contributed by atoms with E-state index in [4.69, 9.17) is 30.4 Å². The van der Waals surface area contributed by atoms with Crippen LogP contribution in [0.1, 0.15) is 25.8 Å². The van der Waals surface area contributed by atoms with Crippen LogP contribution in [-0.2, 0) is 35.4 Å². The molecule has 12 nitrogen and oxygen atoms in total. The van der Waals surface area contributed by atoms with Gasteiger partial charge in [-0.3, -0.25) is 5.73 Å². The summed E-state index contributed by atoms with van der Waals surface area (Å²) in [4.78, 5) is 13.3. The van der Waals surface area contributed by atoms with E-state index in [1.165, 1.54) is 28.6 Å². The van der Waals surface area contributed by atoms with Crippen molar-refractivity contribution >= 4 is 21.8 Å². The summed E-state index contributed by atoms with van der Waals surface area (Å²) in [6.07, 6.45) is -2.27. The van der Waals surface area contributed by atoms with Gasteiger partial charge in [-0.2, -0.15) is 4.31 Å². The smallest absolute Gasteiger partial charge is 0.407 e. The van der Waals surface area contributed by atoms with Crippen LogP contribution in [0, 0.1) is 17.8 Å². The minimum Gasteiger partial charge on any atom is -0.443 e. The van der Waals surface area contributed by atoms with Gasteiger partial charge in [0.1, 0.15) is 6.10 Å². The lowest BCUT2D eigenvalue weighted by Gasteiger charge is -2.31. The standard InChI is InChI=1S/C29H40N4O8S/c1-18(2)15-33(42(36,37)21-10-8-20(30)9-11-21)16-24(34)23(14-19-6-4-3-5-7-19)32-28(35)40-25-17-39-29(31)26(25)22-12-13-38-27(22)41-29/h3-11,18,22-27,34H,12-17,30-31H2,1-2H3,(H,32,35)/t22-,23+,24-,25+,26+,27+,29-/m1/s1. The van der Waals surface area contributed by atoms with Crippen LogP contribution >= 0.6 is 0 Å². The number of carbonyl (C=O) groups is 1.